The summed E-state index contributed by atoms with van der Waals surface area (Å²) in [7, 11) is 0. The molecule has 0 aliphatic carbocycles. The van der Waals surface area contributed by atoms with Crippen LogP contribution in [-0.4, -0.2) is 24.8 Å². The number of rotatable bonds is 6. The summed E-state index contributed by atoms with van der Waals surface area (Å²) in [5.41, 5.74) is 0.588. The number of benzene rings is 1. The number of aldehydes is 1. The molecule has 82 valence electrons. The summed E-state index contributed by atoms with van der Waals surface area (Å²) in [4.78, 5) is 10.6. The van der Waals surface area contributed by atoms with Crippen LogP contribution in [0, 0.1) is 0 Å². The molecule has 0 N–H and O–H groups in total. The first-order chi connectivity index (χ1) is 7.31. The molecule has 0 aromatic heterocycles. The summed E-state index contributed by atoms with van der Waals surface area (Å²) in [5, 5.41) is 0.758. The summed E-state index contributed by atoms with van der Waals surface area (Å²) in [6.07, 6.45) is 0.788. The highest BCUT2D eigenvalue weighted by molar-refractivity contribution is 9.09. The van der Waals surface area contributed by atoms with Gasteiger partial charge in [0, 0.05) is 10.9 Å². The Morgan fingerprint density at radius 2 is 2.13 bits per heavy atom. The zero-order valence-corrected chi connectivity index (χ0v) is 10.1. The lowest BCUT2D eigenvalue weighted by molar-refractivity contribution is 0.112. The Kier molecular flexibility index (Phi) is 5.18. The lowest BCUT2D eigenvalue weighted by Gasteiger charge is -2.11. The van der Waals surface area contributed by atoms with Crippen molar-refractivity contribution in [1.29, 1.82) is 0 Å². The van der Waals surface area contributed by atoms with E-state index in [1.165, 1.54) is 0 Å². The lowest BCUT2D eigenvalue weighted by Crippen LogP contribution is -2.01. The molecule has 0 unspecified atom stereocenters. The summed E-state index contributed by atoms with van der Waals surface area (Å²) in [5.74, 6) is 1.28. The van der Waals surface area contributed by atoms with E-state index in [0.717, 1.165) is 11.6 Å². The molecule has 0 bridgehead atoms. The minimum atomic E-state index is 0.549. The van der Waals surface area contributed by atoms with Gasteiger partial charge in [0.2, 0.25) is 0 Å². The van der Waals surface area contributed by atoms with Gasteiger partial charge in [0.1, 0.15) is 6.29 Å². The van der Waals surface area contributed by atoms with Gasteiger partial charge in [-0.25, -0.2) is 0 Å². The van der Waals surface area contributed by atoms with Crippen LogP contribution in [-0.2, 0) is 0 Å². The van der Waals surface area contributed by atoms with Crippen LogP contribution >= 0.6 is 15.9 Å². The molecular formula is C11H13BrO3. The van der Waals surface area contributed by atoms with Gasteiger partial charge in [-0.05, 0) is 25.1 Å². The third kappa shape index (κ3) is 3.55. The van der Waals surface area contributed by atoms with E-state index < -0.39 is 0 Å². The average molecular weight is 273 g/mol. The molecule has 1 aromatic rings. The summed E-state index contributed by atoms with van der Waals surface area (Å²) in [6, 6.07) is 5.14. The maximum atomic E-state index is 10.6. The van der Waals surface area contributed by atoms with Crippen molar-refractivity contribution in [2.24, 2.45) is 0 Å². The zero-order valence-electron chi connectivity index (χ0n) is 8.53. The fourth-order valence-electron chi connectivity index (χ4n) is 1.13. The molecule has 0 fully saturated rings. The van der Waals surface area contributed by atoms with Crippen molar-refractivity contribution in [2.45, 2.75) is 6.92 Å². The highest BCUT2D eigenvalue weighted by atomic mass is 79.9. The number of halogens is 1. The molecule has 0 heterocycles. The SMILES string of the molecule is CCOc1cc(C=O)ccc1OCCBr. The predicted molar refractivity (Wildman–Crippen MR) is 62.3 cm³/mol. The van der Waals surface area contributed by atoms with Gasteiger partial charge < -0.3 is 9.47 Å². The molecule has 0 radical (unpaired) electrons. The highest BCUT2D eigenvalue weighted by Gasteiger charge is 2.05. The van der Waals surface area contributed by atoms with Crippen molar-refractivity contribution in [1.82, 2.24) is 0 Å². The third-order valence-corrected chi connectivity index (χ3v) is 2.06. The second-order valence-corrected chi connectivity index (χ2v) is 3.59. The van der Waals surface area contributed by atoms with E-state index in [1.807, 2.05) is 6.92 Å². The topological polar surface area (TPSA) is 35.5 Å². The number of ether oxygens (including phenoxy) is 2. The van der Waals surface area contributed by atoms with Crippen molar-refractivity contribution in [3.63, 3.8) is 0 Å². The van der Waals surface area contributed by atoms with Crippen LogP contribution < -0.4 is 9.47 Å². The Labute approximate surface area is 97.5 Å². The van der Waals surface area contributed by atoms with Crippen molar-refractivity contribution >= 4 is 22.2 Å². The van der Waals surface area contributed by atoms with E-state index in [-0.39, 0.29) is 0 Å². The van der Waals surface area contributed by atoms with Crippen molar-refractivity contribution in [3.8, 4) is 11.5 Å². The van der Waals surface area contributed by atoms with Crippen LogP contribution in [0.25, 0.3) is 0 Å². The standard InChI is InChI=1S/C11H13BrO3/c1-2-14-11-7-9(8-13)3-4-10(11)15-6-5-12/h3-4,7-8H,2,5-6H2,1H3. The predicted octanol–water partition coefficient (Wildman–Crippen LogP) is 2.67. The van der Waals surface area contributed by atoms with Crippen molar-refractivity contribution < 1.29 is 14.3 Å². The van der Waals surface area contributed by atoms with Crippen molar-refractivity contribution in [3.05, 3.63) is 23.8 Å². The molecule has 1 aromatic carbocycles. The molecule has 0 spiro atoms. The molecule has 3 nitrogen and oxygen atoms in total. The Morgan fingerprint density at radius 1 is 1.33 bits per heavy atom. The maximum Gasteiger partial charge on any atom is 0.161 e. The normalized spacial score (nSPS) is 9.73. The molecule has 0 aliphatic heterocycles. The number of carbonyl (C=O) groups is 1. The average Bonchev–Trinajstić information content (AvgIpc) is 2.27. The first kappa shape index (κ1) is 12.0. The largest absolute Gasteiger partial charge is 0.490 e. The van der Waals surface area contributed by atoms with E-state index in [4.69, 9.17) is 9.47 Å². The molecule has 0 saturated heterocycles. The summed E-state index contributed by atoms with van der Waals surface area (Å²) in [6.45, 7) is 3.01. The van der Waals surface area contributed by atoms with Gasteiger partial charge in [-0.3, -0.25) is 4.79 Å². The van der Waals surface area contributed by atoms with Gasteiger partial charge in [-0.1, -0.05) is 15.9 Å². The van der Waals surface area contributed by atoms with Crippen LogP contribution in [0.3, 0.4) is 0 Å². The van der Waals surface area contributed by atoms with Crippen LogP contribution in [0.4, 0.5) is 0 Å². The number of alkyl halides is 1. The highest BCUT2D eigenvalue weighted by Crippen LogP contribution is 2.27. The van der Waals surface area contributed by atoms with E-state index in [2.05, 4.69) is 15.9 Å². The van der Waals surface area contributed by atoms with Gasteiger partial charge in [-0.15, -0.1) is 0 Å². The minimum absolute atomic E-state index is 0.549. The fraction of sp³-hybridized carbons (Fsp3) is 0.364. The number of carbonyl (C=O) groups excluding carboxylic acids is 1. The minimum Gasteiger partial charge on any atom is -0.490 e. The molecule has 15 heavy (non-hydrogen) atoms. The molecular weight excluding hydrogens is 260 g/mol. The lowest BCUT2D eigenvalue weighted by atomic mass is 10.2. The first-order valence-corrected chi connectivity index (χ1v) is 5.84. The Hall–Kier alpha value is -1.03. The van der Waals surface area contributed by atoms with Gasteiger partial charge in [0.05, 0.1) is 13.2 Å². The van der Waals surface area contributed by atoms with E-state index in [9.17, 15) is 4.79 Å². The molecule has 4 heteroatoms. The van der Waals surface area contributed by atoms with Crippen LogP contribution in [0.2, 0.25) is 0 Å². The molecule has 1 rings (SSSR count). The third-order valence-electron chi connectivity index (χ3n) is 1.74. The second kappa shape index (κ2) is 6.45. The van der Waals surface area contributed by atoms with Crippen LogP contribution in [0.15, 0.2) is 18.2 Å². The van der Waals surface area contributed by atoms with Crippen LogP contribution in [0.5, 0.6) is 11.5 Å². The molecule has 0 amide bonds. The summed E-state index contributed by atoms with van der Waals surface area (Å²) < 4.78 is 10.8. The Bertz CT molecular complexity index is 326. The van der Waals surface area contributed by atoms with E-state index in [1.54, 1.807) is 18.2 Å². The molecule has 0 aliphatic rings. The monoisotopic (exact) mass is 272 g/mol. The fourth-order valence-corrected chi connectivity index (χ4v) is 1.30. The smallest absolute Gasteiger partial charge is 0.161 e. The maximum absolute atomic E-state index is 10.6. The van der Waals surface area contributed by atoms with Gasteiger partial charge in [0.25, 0.3) is 0 Å². The zero-order chi connectivity index (χ0) is 11.1. The first-order valence-electron chi connectivity index (χ1n) is 4.72. The molecule has 0 atom stereocenters. The number of hydrogen-bond acceptors (Lipinski definition) is 3. The quantitative estimate of drug-likeness (QED) is 0.590. The second-order valence-electron chi connectivity index (χ2n) is 2.79. The molecule has 0 saturated carbocycles. The van der Waals surface area contributed by atoms with Gasteiger partial charge in [-0.2, -0.15) is 0 Å². The Balaban J connectivity index is 2.87. The number of hydrogen-bond donors (Lipinski definition) is 0. The Morgan fingerprint density at radius 3 is 2.73 bits per heavy atom. The summed E-state index contributed by atoms with van der Waals surface area (Å²) >= 11 is 3.28. The van der Waals surface area contributed by atoms with Crippen molar-refractivity contribution in [2.75, 3.05) is 18.5 Å². The van der Waals surface area contributed by atoms with E-state index in [0.29, 0.717) is 30.3 Å². The van der Waals surface area contributed by atoms with E-state index >= 15 is 0 Å². The van der Waals surface area contributed by atoms with Gasteiger partial charge in [0.15, 0.2) is 11.5 Å². The van der Waals surface area contributed by atoms with Crippen LogP contribution in [0.1, 0.15) is 17.3 Å². The van der Waals surface area contributed by atoms with Gasteiger partial charge >= 0.3 is 0 Å².